The number of aromatic nitrogens is 2. The molecule has 3 rings (SSSR count). The maximum Gasteiger partial charge on any atom is 0.230 e. The summed E-state index contributed by atoms with van der Waals surface area (Å²) in [6.45, 7) is 3.37. The molecule has 0 spiro atoms. The maximum absolute atomic E-state index is 11.8. The number of hydrogen-bond donors (Lipinski definition) is 0. The Balaban J connectivity index is 1.72. The number of amides is 1. The van der Waals surface area contributed by atoms with Crippen molar-refractivity contribution < 1.29 is 18.8 Å². The van der Waals surface area contributed by atoms with Gasteiger partial charge in [0.2, 0.25) is 17.6 Å². The molecule has 1 aromatic carbocycles. The second kappa shape index (κ2) is 7.55. The van der Waals surface area contributed by atoms with Gasteiger partial charge >= 0.3 is 0 Å². The van der Waals surface area contributed by atoms with Gasteiger partial charge in [-0.1, -0.05) is 12.1 Å². The van der Waals surface area contributed by atoms with E-state index in [0.29, 0.717) is 29.6 Å². The van der Waals surface area contributed by atoms with Crippen LogP contribution in [0.5, 0.6) is 11.5 Å². The summed E-state index contributed by atoms with van der Waals surface area (Å²) < 4.78 is 16.0. The molecule has 134 valence electrons. The minimum atomic E-state index is 0.197. The van der Waals surface area contributed by atoms with E-state index in [1.54, 1.807) is 14.2 Å². The van der Waals surface area contributed by atoms with Crippen LogP contribution in [0.15, 0.2) is 22.7 Å². The van der Waals surface area contributed by atoms with E-state index in [4.69, 9.17) is 14.0 Å². The van der Waals surface area contributed by atoms with Gasteiger partial charge in [-0.15, -0.1) is 0 Å². The zero-order valence-electron chi connectivity index (χ0n) is 14.8. The minimum absolute atomic E-state index is 0.197. The fourth-order valence-electron chi connectivity index (χ4n) is 3.09. The first-order chi connectivity index (χ1) is 12.2. The van der Waals surface area contributed by atoms with Crippen LogP contribution in [0.3, 0.4) is 0 Å². The van der Waals surface area contributed by atoms with Crippen molar-refractivity contribution in [3.05, 3.63) is 24.1 Å². The molecule has 7 heteroatoms. The molecule has 0 unspecified atom stereocenters. The van der Waals surface area contributed by atoms with Crippen molar-refractivity contribution in [1.82, 2.24) is 15.0 Å². The van der Waals surface area contributed by atoms with Gasteiger partial charge in [0.1, 0.15) is 0 Å². The van der Waals surface area contributed by atoms with Crippen LogP contribution in [0, 0.1) is 0 Å². The topological polar surface area (TPSA) is 77.7 Å². The van der Waals surface area contributed by atoms with E-state index in [9.17, 15) is 4.79 Å². The zero-order chi connectivity index (χ0) is 17.8. The number of likely N-dealkylation sites (tertiary alicyclic amines) is 1. The van der Waals surface area contributed by atoms with E-state index < -0.39 is 0 Å². The van der Waals surface area contributed by atoms with Crippen LogP contribution in [0.4, 0.5) is 0 Å². The molecule has 1 aliphatic heterocycles. The molecular formula is C18H23N3O4. The van der Waals surface area contributed by atoms with Crippen molar-refractivity contribution >= 4 is 5.91 Å². The van der Waals surface area contributed by atoms with Crippen LogP contribution in [0.25, 0.3) is 11.4 Å². The molecule has 1 aliphatic rings. The number of nitrogens with zero attached hydrogens (tertiary/aromatic N) is 3. The van der Waals surface area contributed by atoms with Crippen LogP contribution >= 0.6 is 0 Å². The van der Waals surface area contributed by atoms with Crippen molar-refractivity contribution in [3.8, 4) is 22.9 Å². The van der Waals surface area contributed by atoms with Crippen molar-refractivity contribution in [1.29, 1.82) is 0 Å². The third-order valence-electron chi connectivity index (χ3n) is 4.58. The highest BCUT2D eigenvalue weighted by Crippen LogP contribution is 2.33. The summed E-state index contributed by atoms with van der Waals surface area (Å²) in [6, 6.07) is 5.52. The Labute approximate surface area is 146 Å². The van der Waals surface area contributed by atoms with Gasteiger partial charge in [-0.3, -0.25) is 4.79 Å². The zero-order valence-corrected chi connectivity index (χ0v) is 14.8. The Bertz CT molecular complexity index is 736. The van der Waals surface area contributed by atoms with Crippen LogP contribution in [-0.2, 0) is 4.79 Å². The predicted octanol–water partition coefficient (Wildman–Crippen LogP) is 2.87. The standard InChI is InChI=1S/C18H23N3O4/c1-4-16(22)21-9-7-12(8-10-21)18-19-17(20-25-18)13-5-6-14(23-2)15(11-13)24-3/h5-6,11-12H,4,7-10H2,1-3H3. The molecule has 1 amide bonds. The summed E-state index contributed by atoms with van der Waals surface area (Å²) in [6.07, 6.45) is 2.24. The van der Waals surface area contributed by atoms with Crippen molar-refractivity contribution in [2.45, 2.75) is 32.1 Å². The molecule has 0 aliphatic carbocycles. The molecular weight excluding hydrogens is 322 g/mol. The molecule has 1 fully saturated rings. The second-order valence-electron chi connectivity index (χ2n) is 6.03. The van der Waals surface area contributed by atoms with Crippen molar-refractivity contribution in [2.75, 3.05) is 27.3 Å². The monoisotopic (exact) mass is 345 g/mol. The number of carbonyl (C=O) groups is 1. The summed E-state index contributed by atoms with van der Waals surface area (Å²) in [5.74, 6) is 2.84. The van der Waals surface area contributed by atoms with Crippen LogP contribution in [0.1, 0.15) is 38.0 Å². The first kappa shape index (κ1) is 17.3. The van der Waals surface area contributed by atoms with E-state index in [0.717, 1.165) is 31.5 Å². The average Bonchev–Trinajstić information content (AvgIpc) is 3.17. The molecule has 0 radical (unpaired) electrons. The first-order valence-electron chi connectivity index (χ1n) is 8.50. The first-order valence-corrected chi connectivity index (χ1v) is 8.50. The average molecular weight is 345 g/mol. The van der Waals surface area contributed by atoms with Gasteiger partial charge in [0.25, 0.3) is 0 Å². The molecule has 2 aromatic rings. The third kappa shape index (κ3) is 3.60. The molecule has 0 atom stereocenters. The summed E-state index contributed by atoms with van der Waals surface area (Å²) in [4.78, 5) is 18.2. The van der Waals surface area contributed by atoms with Crippen LogP contribution < -0.4 is 9.47 Å². The third-order valence-corrected chi connectivity index (χ3v) is 4.58. The predicted molar refractivity (Wildman–Crippen MR) is 91.7 cm³/mol. The Morgan fingerprint density at radius 2 is 1.96 bits per heavy atom. The smallest absolute Gasteiger partial charge is 0.230 e. The molecule has 1 saturated heterocycles. The van der Waals surface area contributed by atoms with Gasteiger partial charge in [-0.05, 0) is 31.0 Å². The van der Waals surface area contributed by atoms with Crippen LogP contribution in [-0.4, -0.2) is 48.3 Å². The molecule has 0 N–H and O–H groups in total. The van der Waals surface area contributed by atoms with E-state index in [1.807, 2.05) is 30.0 Å². The lowest BCUT2D eigenvalue weighted by atomic mass is 9.96. The van der Waals surface area contributed by atoms with Gasteiger partial charge in [0, 0.05) is 31.0 Å². The number of carbonyl (C=O) groups excluding carboxylic acids is 1. The number of piperidine rings is 1. The fourth-order valence-corrected chi connectivity index (χ4v) is 3.09. The minimum Gasteiger partial charge on any atom is -0.493 e. The highest BCUT2D eigenvalue weighted by atomic mass is 16.5. The second-order valence-corrected chi connectivity index (χ2v) is 6.03. The fraction of sp³-hybridized carbons (Fsp3) is 0.500. The number of ether oxygens (including phenoxy) is 2. The van der Waals surface area contributed by atoms with Crippen molar-refractivity contribution in [3.63, 3.8) is 0 Å². The number of benzene rings is 1. The molecule has 2 heterocycles. The molecule has 0 bridgehead atoms. The largest absolute Gasteiger partial charge is 0.493 e. The Morgan fingerprint density at radius 3 is 2.60 bits per heavy atom. The summed E-state index contributed by atoms with van der Waals surface area (Å²) in [7, 11) is 3.19. The van der Waals surface area contributed by atoms with Gasteiger partial charge in [0.15, 0.2) is 11.5 Å². The van der Waals surface area contributed by atoms with E-state index in [1.165, 1.54) is 0 Å². The quantitative estimate of drug-likeness (QED) is 0.829. The Hall–Kier alpha value is -2.57. The Kier molecular flexibility index (Phi) is 5.21. The number of hydrogen-bond acceptors (Lipinski definition) is 6. The van der Waals surface area contributed by atoms with Gasteiger partial charge < -0.3 is 18.9 Å². The normalized spacial score (nSPS) is 15.2. The lowest BCUT2D eigenvalue weighted by molar-refractivity contribution is -0.131. The highest BCUT2D eigenvalue weighted by Gasteiger charge is 2.27. The van der Waals surface area contributed by atoms with Gasteiger partial charge in [0.05, 0.1) is 14.2 Å². The van der Waals surface area contributed by atoms with Gasteiger partial charge in [-0.25, -0.2) is 0 Å². The Morgan fingerprint density at radius 1 is 1.24 bits per heavy atom. The molecule has 7 nitrogen and oxygen atoms in total. The van der Waals surface area contributed by atoms with Crippen LogP contribution in [0.2, 0.25) is 0 Å². The highest BCUT2D eigenvalue weighted by molar-refractivity contribution is 5.75. The van der Waals surface area contributed by atoms with Crippen molar-refractivity contribution in [2.24, 2.45) is 0 Å². The van der Waals surface area contributed by atoms with Gasteiger partial charge in [-0.2, -0.15) is 4.98 Å². The van der Waals surface area contributed by atoms with E-state index >= 15 is 0 Å². The lowest BCUT2D eigenvalue weighted by Crippen LogP contribution is -2.37. The maximum atomic E-state index is 11.8. The van der Waals surface area contributed by atoms with E-state index in [-0.39, 0.29) is 11.8 Å². The molecule has 0 saturated carbocycles. The number of rotatable bonds is 5. The van der Waals surface area contributed by atoms with E-state index in [2.05, 4.69) is 10.1 Å². The number of methoxy groups -OCH3 is 2. The SMILES string of the molecule is CCC(=O)N1CCC(c2nc(-c3ccc(OC)c(OC)c3)no2)CC1. The summed E-state index contributed by atoms with van der Waals surface area (Å²) in [5, 5.41) is 4.10. The lowest BCUT2D eigenvalue weighted by Gasteiger charge is -2.30. The summed E-state index contributed by atoms with van der Waals surface area (Å²) in [5.41, 5.74) is 0.811. The summed E-state index contributed by atoms with van der Waals surface area (Å²) >= 11 is 0. The molecule has 25 heavy (non-hydrogen) atoms. The molecule has 1 aromatic heterocycles.